The minimum atomic E-state index is -0.269. The van der Waals surface area contributed by atoms with Gasteiger partial charge < -0.3 is 9.82 Å². The van der Waals surface area contributed by atoms with Crippen molar-refractivity contribution in [1.82, 2.24) is 10.5 Å². The van der Waals surface area contributed by atoms with Crippen molar-refractivity contribution in [2.75, 3.05) is 0 Å². The van der Waals surface area contributed by atoms with Gasteiger partial charge in [-0.05, 0) is 36.4 Å². The minimum absolute atomic E-state index is 0.269. The lowest BCUT2D eigenvalue weighted by Gasteiger charge is -2.07. The second kappa shape index (κ2) is 4.86. The largest absolute Gasteiger partial charge is 0.379 e. The molecule has 0 unspecified atom stereocenters. The van der Waals surface area contributed by atoms with Gasteiger partial charge in [0.1, 0.15) is 0 Å². The highest BCUT2D eigenvalue weighted by Gasteiger charge is 2.05. The third kappa shape index (κ3) is 2.42. The van der Waals surface area contributed by atoms with Crippen molar-refractivity contribution in [1.29, 1.82) is 0 Å². The normalized spacial score (nSPS) is 10.3. The van der Waals surface area contributed by atoms with Gasteiger partial charge >= 0.3 is 0 Å². The molecule has 0 bridgehead atoms. The van der Waals surface area contributed by atoms with Crippen LogP contribution in [0.4, 0.5) is 0 Å². The average molecular weight is 252 g/mol. The summed E-state index contributed by atoms with van der Waals surface area (Å²) < 4.78 is 0. The van der Waals surface area contributed by atoms with Crippen LogP contribution in [-0.4, -0.2) is 10.9 Å². The smallest absolute Gasteiger partial charge is 0.283 e. The van der Waals surface area contributed by atoms with Crippen molar-refractivity contribution in [2.24, 2.45) is 0 Å². The molecule has 19 heavy (non-hydrogen) atoms. The number of hydrogen-bond donors (Lipinski definition) is 2. The van der Waals surface area contributed by atoms with Crippen LogP contribution in [0.25, 0.3) is 10.9 Å². The maximum Gasteiger partial charge on any atom is 0.283 e. The molecule has 4 heteroatoms. The summed E-state index contributed by atoms with van der Waals surface area (Å²) in [5, 5.41) is 1.03. The summed E-state index contributed by atoms with van der Waals surface area (Å²) >= 11 is 0. The van der Waals surface area contributed by atoms with Crippen molar-refractivity contribution in [3.63, 3.8) is 0 Å². The molecule has 0 fully saturated rings. The first-order valence-corrected chi connectivity index (χ1v) is 5.92. The molecule has 0 aliphatic carbocycles. The molecule has 4 nitrogen and oxygen atoms in total. The van der Waals surface area contributed by atoms with E-state index in [9.17, 15) is 4.79 Å². The van der Waals surface area contributed by atoms with Crippen LogP contribution in [0, 0.1) is 0 Å². The van der Waals surface area contributed by atoms with Crippen LogP contribution in [0.1, 0.15) is 10.4 Å². The Kier molecular flexibility index (Phi) is 2.90. The number of carbonyl (C=O) groups is 1. The van der Waals surface area contributed by atoms with Gasteiger partial charge in [0, 0.05) is 22.7 Å². The Hall–Kier alpha value is -2.75. The molecular formula is C15H12N2O2. The summed E-state index contributed by atoms with van der Waals surface area (Å²) in [7, 11) is 0. The molecule has 1 heterocycles. The van der Waals surface area contributed by atoms with Gasteiger partial charge in [0.05, 0.1) is 0 Å². The fraction of sp³-hybridized carbons (Fsp3) is 0. The summed E-state index contributed by atoms with van der Waals surface area (Å²) in [6.07, 6.45) is 1.86. The lowest BCUT2D eigenvalue weighted by Crippen LogP contribution is -2.26. The molecule has 1 amide bonds. The standard InChI is InChI=1S/C15H12N2O2/c18-15(11-4-2-1-3-5-11)17-19-13-6-7-14-12(10-13)8-9-16-14/h1-10,16H,(H,17,18). The zero-order valence-corrected chi connectivity index (χ0v) is 10.1. The molecule has 2 aromatic carbocycles. The second-order valence-electron chi connectivity index (χ2n) is 4.13. The average Bonchev–Trinajstić information content (AvgIpc) is 2.93. The highest BCUT2D eigenvalue weighted by atomic mass is 16.7. The van der Waals surface area contributed by atoms with E-state index in [1.807, 2.05) is 30.5 Å². The van der Waals surface area contributed by atoms with Gasteiger partial charge in [-0.25, -0.2) is 0 Å². The number of fused-ring (bicyclic) bond motifs is 1. The van der Waals surface area contributed by atoms with E-state index in [4.69, 9.17) is 4.84 Å². The predicted molar refractivity (Wildman–Crippen MR) is 72.8 cm³/mol. The van der Waals surface area contributed by atoms with Crippen LogP contribution in [0.15, 0.2) is 60.8 Å². The zero-order valence-electron chi connectivity index (χ0n) is 10.1. The number of aromatic amines is 1. The van der Waals surface area contributed by atoms with Gasteiger partial charge in [-0.1, -0.05) is 18.2 Å². The Balaban J connectivity index is 1.70. The second-order valence-corrected chi connectivity index (χ2v) is 4.13. The Bertz CT molecular complexity index is 704. The molecule has 1 aromatic heterocycles. The number of amides is 1. The highest BCUT2D eigenvalue weighted by molar-refractivity contribution is 5.93. The summed E-state index contributed by atoms with van der Waals surface area (Å²) in [5.74, 6) is 0.325. The van der Waals surface area contributed by atoms with Gasteiger partial charge in [-0.3, -0.25) is 4.79 Å². The number of carbonyl (C=O) groups excluding carboxylic acids is 1. The fourth-order valence-electron chi connectivity index (χ4n) is 1.85. The van der Waals surface area contributed by atoms with E-state index in [1.54, 1.807) is 30.3 Å². The van der Waals surface area contributed by atoms with E-state index < -0.39 is 0 Å². The SMILES string of the molecule is O=C(NOc1ccc2[nH]ccc2c1)c1ccccc1. The minimum Gasteiger partial charge on any atom is -0.379 e. The number of H-pyrrole nitrogens is 1. The van der Waals surface area contributed by atoms with E-state index in [2.05, 4.69) is 10.5 Å². The summed E-state index contributed by atoms with van der Waals surface area (Å²) in [5.41, 5.74) is 4.01. The molecule has 0 atom stereocenters. The lowest BCUT2D eigenvalue weighted by atomic mass is 10.2. The van der Waals surface area contributed by atoms with E-state index in [1.165, 1.54) is 0 Å². The Morgan fingerprint density at radius 3 is 2.74 bits per heavy atom. The third-order valence-electron chi connectivity index (χ3n) is 2.82. The topological polar surface area (TPSA) is 54.1 Å². The Morgan fingerprint density at radius 2 is 1.89 bits per heavy atom. The first kappa shape index (κ1) is 11.3. The van der Waals surface area contributed by atoms with Gasteiger partial charge in [0.25, 0.3) is 5.91 Å². The highest BCUT2D eigenvalue weighted by Crippen LogP contribution is 2.19. The first-order chi connectivity index (χ1) is 9.33. The lowest BCUT2D eigenvalue weighted by molar-refractivity contribution is 0.0760. The quantitative estimate of drug-likeness (QED) is 0.704. The van der Waals surface area contributed by atoms with E-state index in [-0.39, 0.29) is 5.91 Å². The molecule has 0 aliphatic rings. The Labute approximate surface area is 110 Å². The molecule has 94 valence electrons. The molecule has 3 rings (SSSR count). The number of rotatable bonds is 3. The fourth-order valence-corrected chi connectivity index (χ4v) is 1.85. The van der Waals surface area contributed by atoms with E-state index in [0.717, 1.165) is 10.9 Å². The van der Waals surface area contributed by atoms with Crippen LogP contribution in [-0.2, 0) is 0 Å². The van der Waals surface area contributed by atoms with E-state index in [0.29, 0.717) is 11.3 Å². The summed E-state index contributed by atoms with van der Waals surface area (Å²) in [6.45, 7) is 0. The third-order valence-corrected chi connectivity index (χ3v) is 2.82. The van der Waals surface area contributed by atoms with Crippen LogP contribution in [0.3, 0.4) is 0 Å². The maximum atomic E-state index is 11.8. The number of nitrogens with one attached hydrogen (secondary N) is 2. The molecule has 0 spiro atoms. The van der Waals surface area contributed by atoms with E-state index >= 15 is 0 Å². The summed E-state index contributed by atoms with van der Waals surface area (Å²) in [6, 6.07) is 16.4. The van der Waals surface area contributed by atoms with Crippen molar-refractivity contribution in [2.45, 2.75) is 0 Å². The molecule has 2 N–H and O–H groups in total. The van der Waals surface area contributed by atoms with Crippen LogP contribution < -0.4 is 10.3 Å². The zero-order chi connectivity index (χ0) is 13.1. The van der Waals surface area contributed by atoms with Crippen LogP contribution in [0.2, 0.25) is 0 Å². The molecule has 0 aliphatic heterocycles. The number of aromatic nitrogens is 1. The number of hydroxylamine groups is 1. The van der Waals surface area contributed by atoms with Gasteiger partial charge in [0.2, 0.25) is 0 Å². The maximum absolute atomic E-state index is 11.8. The molecular weight excluding hydrogens is 240 g/mol. The molecule has 0 saturated heterocycles. The number of benzene rings is 2. The van der Waals surface area contributed by atoms with Crippen molar-refractivity contribution in [3.05, 3.63) is 66.4 Å². The number of hydrogen-bond acceptors (Lipinski definition) is 2. The summed E-state index contributed by atoms with van der Waals surface area (Å²) in [4.78, 5) is 20.2. The van der Waals surface area contributed by atoms with Gasteiger partial charge in [-0.15, -0.1) is 0 Å². The molecule has 0 saturated carbocycles. The molecule has 3 aromatic rings. The monoisotopic (exact) mass is 252 g/mol. The van der Waals surface area contributed by atoms with Crippen molar-refractivity contribution >= 4 is 16.8 Å². The van der Waals surface area contributed by atoms with Gasteiger partial charge in [-0.2, -0.15) is 5.48 Å². The molecule has 0 radical (unpaired) electrons. The van der Waals surface area contributed by atoms with Crippen LogP contribution >= 0.6 is 0 Å². The predicted octanol–water partition coefficient (Wildman–Crippen LogP) is 2.89. The Morgan fingerprint density at radius 1 is 1.05 bits per heavy atom. The van der Waals surface area contributed by atoms with Crippen LogP contribution in [0.5, 0.6) is 5.75 Å². The van der Waals surface area contributed by atoms with Crippen molar-refractivity contribution < 1.29 is 9.63 Å². The van der Waals surface area contributed by atoms with Gasteiger partial charge in [0.15, 0.2) is 5.75 Å². The first-order valence-electron chi connectivity index (χ1n) is 5.92. The van der Waals surface area contributed by atoms with Crippen molar-refractivity contribution in [3.8, 4) is 5.75 Å².